The van der Waals surface area contributed by atoms with Crippen molar-refractivity contribution in [2.45, 2.75) is 13.0 Å². The second kappa shape index (κ2) is 9.91. The first-order valence-corrected chi connectivity index (χ1v) is 8.49. The normalized spacial score (nSPS) is 11.6. The molecule has 0 saturated carbocycles. The van der Waals surface area contributed by atoms with Gasteiger partial charge in [-0.1, -0.05) is 35.9 Å². The summed E-state index contributed by atoms with van der Waals surface area (Å²) >= 11 is 5.87. The van der Waals surface area contributed by atoms with E-state index in [0.717, 1.165) is 5.56 Å². The van der Waals surface area contributed by atoms with Crippen LogP contribution in [0.3, 0.4) is 0 Å². The first-order valence-electron chi connectivity index (χ1n) is 8.11. The highest BCUT2D eigenvalue weighted by Gasteiger charge is 2.08. The molecule has 25 heavy (non-hydrogen) atoms. The summed E-state index contributed by atoms with van der Waals surface area (Å²) in [5.41, 5.74) is 1.08. The summed E-state index contributed by atoms with van der Waals surface area (Å²) in [7, 11) is 1.59. The number of rotatable bonds is 9. The van der Waals surface area contributed by atoms with Gasteiger partial charge in [-0.2, -0.15) is 0 Å². The molecule has 134 valence electrons. The Morgan fingerprint density at radius 1 is 1.12 bits per heavy atom. The van der Waals surface area contributed by atoms with E-state index in [4.69, 9.17) is 21.1 Å². The summed E-state index contributed by atoms with van der Waals surface area (Å²) in [6.07, 6.45) is 0. The minimum Gasteiger partial charge on any atom is -0.493 e. The zero-order valence-corrected chi connectivity index (χ0v) is 15.2. The minimum absolute atomic E-state index is 0.0628. The van der Waals surface area contributed by atoms with Crippen molar-refractivity contribution in [3.8, 4) is 11.5 Å². The molecule has 2 N–H and O–H groups in total. The van der Waals surface area contributed by atoms with Crippen LogP contribution in [0.1, 0.15) is 18.5 Å². The first kappa shape index (κ1) is 19.1. The fourth-order valence-corrected chi connectivity index (χ4v) is 2.39. The Bertz CT molecular complexity index is 677. The average molecular weight is 363 g/mol. The Morgan fingerprint density at radius 3 is 2.48 bits per heavy atom. The van der Waals surface area contributed by atoms with E-state index in [1.807, 2.05) is 55.5 Å². The second-order valence-electron chi connectivity index (χ2n) is 5.50. The Labute approximate surface area is 153 Å². The number of carbonyl (C=O) groups excluding carboxylic acids is 1. The third kappa shape index (κ3) is 6.29. The van der Waals surface area contributed by atoms with Gasteiger partial charge in [0, 0.05) is 11.1 Å². The molecule has 0 aliphatic rings. The standard InChI is InChI=1S/C19H23ClN2O3/c1-14(15-7-9-16(20)10-8-15)22-13-19(23)21-11-12-25-18-6-4-3-5-17(18)24-2/h3-10,14,22H,11-13H2,1-2H3,(H,21,23)/t14-/m1/s1. The van der Waals surface area contributed by atoms with Crippen LogP contribution >= 0.6 is 11.6 Å². The Morgan fingerprint density at radius 2 is 1.80 bits per heavy atom. The maximum absolute atomic E-state index is 11.9. The highest BCUT2D eigenvalue weighted by molar-refractivity contribution is 6.30. The van der Waals surface area contributed by atoms with Crippen molar-refractivity contribution < 1.29 is 14.3 Å². The van der Waals surface area contributed by atoms with Crippen LogP contribution < -0.4 is 20.1 Å². The van der Waals surface area contributed by atoms with E-state index in [2.05, 4.69) is 10.6 Å². The monoisotopic (exact) mass is 362 g/mol. The third-order valence-electron chi connectivity index (χ3n) is 3.69. The first-order chi connectivity index (χ1) is 12.1. The zero-order chi connectivity index (χ0) is 18.1. The topological polar surface area (TPSA) is 59.6 Å². The summed E-state index contributed by atoms with van der Waals surface area (Å²) in [5, 5.41) is 6.69. The number of para-hydroxylation sites is 2. The molecule has 6 heteroatoms. The molecule has 2 aromatic carbocycles. The van der Waals surface area contributed by atoms with Crippen LogP contribution in [0.15, 0.2) is 48.5 Å². The van der Waals surface area contributed by atoms with E-state index in [9.17, 15) is 4.79 Å². The predicted octanol–water partition coefficient (Wildman–Crippen LogP) is 3.19. The number of amides is 1. The molecular weight excluding hydrogens is 340 g/mol. The van der Waals surface area contributed by atoms with Gasteiger partial charge in [-0.25, -0.2) is 0 Å². The van der Waals surface area contributed by atoms with Gasteiger partial charge >= 0.3 is 0 Å². The van der Waals surface area contributed by atoms with Crippen molar-refractivity contribution in [2.24, 2.45) is 0 Å². The number of ether oxygens (including phenoxy) is 2. The highest BCUT2D eigenvalue weighted by atomic mass is 35.5. The van der Waals surface area contributed by atoms with Crippen LogP contribution in [-0.4, -0.2) is 32.7 Å². The summed E-state index contributed by atoms with van der Waals surface area (Å²) in [5.74, 6) is 1.26. The van der Waals surface area contributed by atoms with E-state index in [1.54, 1.807) is 7.11 Å². The van der Waals surface area contributed by atoms with Gasteiger partial charge < -0.3 is 20.1 Å². The summed E-state index contributed by atoms with van der Waals surface area (Å²) in [6.45, 7) is 3.03. The molecule has 0 unspecified atom stereocenters. The molecule has 2 rings (SSSR count). The zero-order valence-electron chi connectivity index (χ0n) is 14.4. The molecule has 1 atom stereocenters. The van der Waals surface area contributed by atoms with Gasteiger partial charge in [0.25, 0.3) is 0 Å². The smallest absolute Gasteiger partial charge is 0.234 e. The van der Waals surface area contributed by atoms with Crippen LogP contribution in [0.25, 0.3) is 0 Å². The molecule has 5 nitrogen and oxygen atoms in total. The Balaban J connectivity index is 1.66. The van der Waals surface area contributed by atoms with Crippen LogP contribution in [-0.2, 0) is 4.79 Å². The lowest BCUT2D eigenvalue weighted by molar-refractivity contribution is -0.120. The third-order valence-corrected chi connectivity index (χ3v) is 3.94. The fraction of sp³-hybridized carbons (Fsp3) is 0.316. The van der Waals surface area contributed by atoms with Gasteiger partial charge in [-0.15, -0.1) is 0 Å². The molecular formula is C19H23ClN2O3. The predicted molar refractivity (Wildman–Crippen MR) is 99.4 cm³/mol. The van der Waals surface area contributed by atoms with Crippen LogP contribution in [0.5, 0.6) is 11.5 Å². The lowest BCUT2D eigenvalue weighted by Gasteiger charge is -2.14. The lowest BCUT2D eigenvalue weighted by atomic mass is 10.1. The quantitative estimate of drug-likeness (QED) is 0.672. The van der Waals surface area contributed by atoms with E-state index >= 15 is 0 Å². The van der Waals surface area contributed by atoms with Gasteiger partial charge in [-0.3, -0.25) is 4.79 Å². The van der Waals surface area contributed by atoms with Crippen molar-refractivity contribution in [3.05, 3.63) is 59.1 Å². The Kier molecular flexibility index (Phi) is 7.57. The van der Waals surface area contributed by atoms with Crippen molar-refractivity contribution in [1.82, 2.24) is 10.6 Å². The summed E-state index contributed by atoms with van der Waals surface area (Å²) in [4.78, 5) is 11.9. The molecule has 2 aromatic rings. The molecule has 0 aromatic heterocycles. The Hall–Kier alpha value is -2.24. The van der Waals surface area contributed by atoms with Gasteiger partial charge in [0.1, 0.15) is 6.61 Å². The number of hydrogen-bond donors (Lipinski definition) is 2. The van der Waals surface area contributed by atoms with Crippen LogP contribution in [0.4, 0.5) is 0 Å². The lowest BCUT2D eigenvalue weighted by Crippen LogP contribution is -2.37. The highest BCUT2D eigenvalue weighted by Crippen LogP contribution is 2.25. The SMILES string of the molecule is COc1ccccc1OCCNC(=O)CN[C@H](C)c1ccc(Cl)cc1. The van der Waals surface area contributed by atoms with Gasteiger partial charge in [-0.05, 0) is 36.8 Å². The molecule has 0 spiro atoms. The van der Waals surface area contributed by atoms with Crippen LogP contribution in [0.2, 0.25) is 5.02 Å². The molecule has 0 aliphatic carbocycles. The van der Waals surface area contributed by atoms with Gasteiger partial charge in [0.05, 0.1) is 20.2 Å². The number of methoxy groups -OCH3 is 1. The van der Waals surface area contributed by atoms with Crippen LogP contribution in [0, 0.1) is 0 Å². The number of hydrogen-bond acceptors (Lipinski definition) is 4. The number of halogens is 1. The maximum Gasteiger partial charge on any atom is 0.234 e. The molecule has 0 radical (unpaired) electrons. The van der Waals surface area contributed by atoms with Crippen molar-refractivity contribution >= 4 is 17.5 Å². The minimum atomic E-state index is -0.0792. The van der Waals surface area contributed by atoms with E-state index in [-0.39, 0.29) is 18.5 Å². The summed E-state index contributed by atoms with van der Waals surface area (Å²) in [6, 6.07) is 15.0. The number of nitrogens with one attached hydrogen (secondary N) is 2. The van der Waals surface area contributed by atoms with E-state index in [0.29, 0.717) is 29.7 Å². The van der Waals surface area contributed by atoms with Gasteiger partial charge in [0.2, 0.25) is 5.91 Å². The van der Waals surface area contributed by atoms with E-state index < -0.39 is 0 Å². The van der Waals surface area contributed by atoms with Crippen molar-refractivity contribution in [1.29, 1.82) is 0 Å². The molecule has 0 fully saturated rings. The largest absolute Gasteiger partial charge is 0.493 e. The number of benzene rings is 2. The molecule has 0 heterocycles. The van der Waals surface area contributed by atoms with Crippen molar-refractivity contribution in [2.75, 3.05) is 26.8 Å². The fourth-order valence-electron chi connectivity index (χ4n) is 2.27. The second-order valence-corrected chi connectivity index (χ2v) is 5.94. The average Bonchev–Trinajstić information content (AvgIpc) is 2.64. The molecule has 1 amide bonds. The summed E-state index contributed by atoms with van der Waals surface area (Å²) < 4.78 is 10.8. The molecule has 0 saturated heterocycles. The van der Waals surface area contributed by atoms with Gasteiger partial charge in [0.15, 0.2) is 11.5 Å². The van der Waals surface area contributed by atoms with E-state index in [1.165, 1.54) is 0 Å². The molecule has 0 bridgehead atoms. The molecule has 0 aliphatic heterocycles. The van der Waals surface area contributed by atoms with Crippen molar-refractivity contribution in [3.63, 3.8) is 0 Å². The maximum atomic E-state index is 11.9. The number of carbonyl (C=O) groups is 1.